The van der Waals surface area contributed by atoms with E-state index in [0.29, 0.717) is 6.54 Å². The second kappa shape index (κ2) is 7.28. The zero-order chi connectivity index (χ0) is 8.53. The minimum absolute atomic E-state index is 0.109. The van der Waals surface area contributed by atoms with E-state index in [2.05, 4.69) is 11.9 Å². The molecule has 0 saturated carbocycles. The zero-order valence-corrected chi connectivity index (χ0v) is 6.93. The van der Waals surface area contributed by atoms with E-state index in [4.69, 9.17) is 4.74 Å². The van der Waals surface area contributed by atoms with Crippen LogP contribution in [0.3, 0.4) is 0 Å². The lowest BCUT2D eigenvalue weighted by molar-refractivity contribution is -0.116. The van der Waals surface area contributed by atoms with Crippen LogP contribution in [-0.2, 0) is 9.53 Å². The molecular formula is C8H15NO2. The van der Waals surface area contributed by atoms with E-state index in [1.54, 1.807) is 7.11 Å². The van der Waals surface area contributed by atoms with Crippen molar-refractivity contribution in [3.8, 4) is 0 Å². The second-order valence-corrected chi connectivity index (χ2v) is 2.20. The molecule has 1 amide bonds. The van der Waals surface area contributed by atoms with Gasteiger partial charge >= 0.3 is 0 Å². The molecule has 0 aromatic rings. The van der Waals surface area contributed by atoms with Crippen molar-refractivity contribution < 1.29 is 9.53 Å². The minimum atomic E-state index is -0.109. The van der Waals surface area contributed by atoms with Gasteiger partial charge in [-0.25, -0.2) is 0 Å². The second-order valence-electron chi connectivity index (χ2n) is 2.20. The van der Waals surface area contributed by atoms with Crippen LogP contribution in [0.25, 0.3) is 0 Å². The molecule has 0 spiro atoms. The van der Waals surface area contributed by atoms with Crippen molar-refractivity contribution in [1.82, 2.24) is 5.32 Å². The molecule has 0 aromatic heterocycles. The largest absolute Gasteiger partial charge is 0.385 e. The maximum atomic E-state index is 10.6. The third-order valence-electron chi connectivity index (χ3n) is 1.26. The predicted molar refractivity (Wildman–Crippen MR) is 44.3 cm³/mol. The smallest absolute Gasteiger partial charge is 0.243 e. The molecule has 0 rings (SSSR count). The topological polar surface area (TPSA) is 38.3 Å². The number of hydrogen-bond donors (Lipinski definition) is 1. The molecule has 0 saturated heterocycles. The van der Waals surface area contributed by atoms with Crippen molar-refractivity contribution in [3.05, 3.63) is 12.7 Å². The molecule has 0 atom stereocenters. The first-order valence-corrected chi connectivity index (χ1v) is 3.70. The summed E-state index contributed by atoms with van der Waals surface area (Å²) in [5.41, 5.74) is 0. The zero-order valence-electron chi connectivity index (χ0n) is 6.93. The predicted octanol–water partition coefficient (Wildman–Crippen LogP) is 0.715. The molecule has 64 valence electrons. The van der Waals surface area contributed by atoms with Gasteiger partial charge in [-0.1, -0.05) is 6.58 Å². The van der Waals surface area contributed by atoms with Gasteiger partial charge in [0, 0.05) is 20.3 Å². The van der Waals surface area contributed by atoms with Gasteiger partial charge in [0.2, 0.25) is 5.91 Å². The Morgan fingerprint density at radius 3 is 2.91 bits per heavy atom. The Kier molecular flexibility index (Phi) is 6.73. The van der Waals surface area contributed by atoms with E-state index in [1.807, 2.05) is 0 Å². The fourth-order valence-electron chi connectivity index (χ4n) is 0.655. The van der Waals surface area contributed by atoms with E-state index >= 15 is 0 Å². The first kappa shape index (κ1) is 10.2. The van der Waals surface area contributed by atoms with Crippen LogP contribution in [0.15, 0.2) is 12.7 Å². The van der Waals surface area contributed by atoms with Gasteiger partial charge in [0.05, 0.1) is 0 Å². The molecule has 11 heavy (non-hydrogen) atoms. The fraction of sp³-hybridized carbons (Fsp3) is 0.625. The number of ether oxygens (including phenoxy) is 1. The van der Waals surface area contributed by atoms with E-state index in [0.717, 1.165) is 19.4 Å². The average molecular weight is 157 g/mol. The van der Waals surface area contributed by atoms with Crippen LogP contribution in [0.2, 0.25) is 0 Å². The Morgan fingerprint density at radius 1 is 1.64 bits per heavy atom. The third kappa shape index (κ3) is 7.06. The van der Waals surface area contributed by atoms with Crippen LogP contribution in [0.1, 0.15) is 12.8 Å². The first-order chi connectivity index (χ1) is 5.31. The van der Waals surface area contributed by atoms with Crippen molar-refractivity contribution in [2.75, 3.05) is 20.3 Å². The van der Waals surface area contributed by atoms with Gasteiger partial charge in [0.25, 0.3) is 0 Å². The highest BCUT2D eigenvalue weighted by Crippen LogP contribution is 1.86. The van der Waals surface area contributed by atoms with Crippen LogP contribution in [0.5, 0.6) is 0 Å². The molecule has 3 heteroatoms. The molecule has 3 nitrogen and oxygen atoms in total. The number of methoxy groups -OCH3 is 1. The molecule has 0 radical (unpaired) electrons. The number of nitrogens with one attached hydrogen (secondary N) is 1. The Bertz CT molecular complexity index is 123. The standard InChI is InChI=1S/C8H15NO2/c1-3-8(10)9-6-4-5-7-11-2/h3H,1,4-7H2,2H3,(H,9,10). The maximum Gasteiger partial charge on any atom is 0.243 e. The quantitative estimate of drug-likeness (QED) is 0.455. The number of carbonyl (C=O) groups excluding carboxylic acids is 1. The molecule has 0 aliphatic carbocycles. The Morgan fingerprint density at radius 2 is 2.36 bits per heavy atom. The Labute approximate surface area is 67.4 Å². The summed E-state index contributed by atoms with van der Waals surface area (Å²) in [5.74, 6) is -0.109. The summed E-state index contributed by atoms with van der Waals surface area (Å²) >= 11 is 0. The van der Waals surface area contributed by atoms with Crippen LogP contribution in [0.4, 0.5) is 0 Å². The van der Waals surface area contributed by atoms with Gasteiger partial charge in [0.15, 0.2) is 0 Å². The van der Waals surface area contributed by atoms with E-state index in [-0.39, 0.29) is 5.91 Å². The van der Waals surface area contributed by atoms with Gasteiger partial charge in [-0.05, 0) is 18.9 Å². The number of carbonyl (C=O) groups is 1. The molecule has 1 N–H and O–H groups in total. The van der Waals surface area contributed by atoms with E-state index in [1.165, 1.54) is 6.08 Å². The molecular weight excluding hydrogens is 142 g/mol. The summed E-state index contributed by atoms with van der Waals surface area (Å²) < 4.78 is 4.84. The minimum Gasteiger partial charge on any atom is -0.385 e. The summed E-state index contributed by atoms with van der Waals surface area (Å²) in [6.07, 6.45) is 3.21. The first-order valence-electron chi connectivity index (χ1n) is 3.70. The fourth-order valence-corrected chi connectivity index (χ4v) is 0.655. The lowest BCUT2D eigenvalue weighted by Crippen LogP contribution is -2.21. The molecule has 0 aliphatic heterocycles. The summed E-state index contributed by atoms with van der Waals surface area (Å²) in [6.45, 7) is 4.80. The van der Waals surface area contributed by atoms with E-state index < -0.39 is 0 Å². The highest BCUT2D eigenvalue weighted by atomic mass is 16.5. The monoisotopic (exact) mass is 157 g/mol. The normalized spacial score (nSPS) is 9.18. The van der Waals surface area contributed by atoms with Crippen LogP contribution < -0.4 is 5.32 Å². The number of hydrogen-bond acceptors (Lipinski definition) is 2. The lowest BCUT2D eigenvalue weighted by atomic mass is 10.3. The molecule has 0 bridgehead atoms. The average Bonchev–Trinajstić information content (AvgIpc) is 2.04. The van der Waals surface area contributed by atoms with Gasteiger partial charge in [0.1, 0.15) is 0 Å². The van der Waals surface area contributed by atoms with Gasteiger partial charge in [-0.3, -0.25) is 4.79 Å². The highest BCUT2D eigenvalue weighted by Gasteiger charge is 1.91. The summed E-state index contributed by atoms with van der Waals surface area (Å²) in [6, 6.07) is 0. The van der Waals surface area contributed by atoms with Crippen molar-refractivity contribution in [1.29, 1.82) is 0 Å². The number of unbranched alkanes of at least 4 members (excludes halogenated alkanes) is 1. The van der Waals surface area contributed by atoms with Crippen molar-refractivity contribution >= 4 is 5.91 Å². The van der Waals surface area contributed by atoms with Crippen LogP contribution in [0, 0.1) is 0 Å². The van der Waals surface area contributed by atoms with Gasteiger partial charge in [-0.15, -0.1) is 0 Å². The maximum absolute atomic E-state index is 10.6. The van der Waals surface area contributed by atoms with Crippen LogP contribution >= 0.6 is 0 Å². The van der Waals surface area contributed by atoms with Gasteiger partial charge < -0.3 is 10.1 Å². The molecule has 0 aliphatic rings. The van der Waals surface area contributed by atoms with Crippen molar-refractivity contribution in [2.24, 2.45) is 0 Å². The Hall–Kier alpha value is -0.830. The van der Waals surface area contributed by atoms with Gasteiger partial charge in [-0.2, -0.15) is 0 Å². The SMILES string of the molecule is C=CC(=O)NCCCCOC. The number of amides is 1. The highest BCUT2D eigenvalue weighted by molar-refractivity contribution is 5.86. The molecule has 0 unspecified atom stereocenters. The summed E-state index contributed by atoms with van der Waals surface area (Å²) in [4.78, 5) is 10.6. The summed E-state index contributed by atoms with van der Waals surface area (Å²) in [5, 5.41) is 2.68. The third-order valence-corrected chi connectivity index (χ3v) is 1.26. The lowest BCUT2D eigenvalue weighted by Gasteiger charge is -2.00. The van der Waals surface area contributed by atoms with Crippen molar-refractivity contribution in [2.45, 2.75) is 12.8 Å². The molecule has 0 fully saturated rings. The van der Waals surface area contributed by atoms with Crippen LogP contribution in [-0.4, -0.2) is 26.2 Å². The van der Waals surface area contributed by atoms with E-state index in [9.17, 15) is 4.79 Å². The Balaban J connectivity index is 3.01. The summed E-state index contributed by atoms with van der Waals surface area (Å²) in [7, 11) is 1.67. The van der Waals surface area contributed by atoms with Crippen molar-refractivity contribution in [3.63, 3.8) is 0 Å². The number of rotatable bonds is 6. The molecule has 0 aromatic carbocycles. The molecule has 0 heterocycles.